The number of halogens is 1. The van der Waals surface area contributed by atoms with Crippen molar-refractivity contribution in [2.45, 2.75) is 33.2 Å². The van der Waals surface area contributed by atoms with Gasteiger partial charge in [-0.25, -0.2) is 0 Å². The molecule has 0 radical (unpaired) electrons. The first-order valence-electron chi connectivity index (χ1n) is 8.01. The van der Waals surface area contributed by atoms with Crippen molar-refractivity contribution in [3.8, 4) is 5.75 Å². The zero-order chi connectivity index (χ0) is 17.2. The topological polar surface area (TPSA) is 93.4 Å². The van der Waals surface area contributed by atoms with Crippen LogP contribution in [0.1, 0.15) is 37.6 Å². The van der Waals surface area contributed by atoms with Gasteiger partial charge in [0.1, 0.15) is 11.8 Å². The zero-order valence-corrected chi connectivity index (χ0v) is 15.3. The van der Waals surface area contributed by atoms with Crippen molar-refractivity contribution in [2.24, 2.45) is 11.7 Å². The molecule has 0 fully saturated rings. The van der Waals surface area contributed by atoms with Gasteiger partial charge in [-0.2, -0.15) is 0 Å². The number of carbonyl (C=O) groups is 2. The predicted octanol–water partition coefficient (Wildman–Crippen LogP) is 1.73. The van der Waals surface area contributed by atoms with E-state index in [0.717, 1.165) is 0 Å². The highest BCUT2D eigenvalue weighted by molar-refractivity contribution is 5.97. The molecule has 0 saturated heterocycles. The number of carbonyl (C=O) groups excluding carboxylic acids is 2. The second kappa shape index (κ2) is 11.7. The molecule has 0 heterocycles. The molecule has 1 unspecified atom stereocenters. The lowest BCUT2D eigenvalue weighted by molar-refractivity contribution is -0.123. The van der Waals surface area contributed by atoms with Crippen molar-refractivity contribution in [1.82, 2.24) is 10.6 Å². The van der Waals surface area contributed by atoms with Gasteiger partial charge in [0.25, 0.3) is 5.91 Å². The van der Waals surface area contributed by atoms with Crippen LogP contribution >= 0.6 is 12.4 Å². The lowest BCUT2D eigenvalue weighted by atomic mass is 10.0. The molecule has 24 heavy (non-hydrogen) atoms. The summed E-state index contributed by atoms with van der Waals surface area (Å²) in [5, 5.41) is 5.58. The van der Waals surface area contributed by atoms with E-state index in [4.69, 9.17) is 10.5 Å². The second-order valence-corrected chi connectivity index (χ2v) is 5.59. The highest BCUT2D eigenvalue weighted by Crippen LogP contribution is 2.12. The van der Waals surface area contributed by atoms with E-state index in [9.17, 15) is 9.59 Å². The van der Waals surface area contributed by atoms with Gasteiger partial charge >= 0.3 is 0 Å². The second-order valence-electron chi connectivity index (χ2n) is 5.59. The first-order valence-corrected chi connectivity index (χ1v) is 8.01. The molecule has 1 aromatic rings. The van der Waals surface area contributed by atoms with Gasteiger partial charge in [-0.15, -0.1) is 12.4 Å². The molecular formula is C17H28ClN3O3. The molecule has 0 aromatic heterocycles. The summed E-state index contributed by atoms with van der Waals surface area (Å²) in [6.45, 7) is 7.29. The van der Waals surface area contributed by atoms with Gasteiger partial charge in [-0.05, 0) is 50.1 Å². The van der Waals surface area contributed by atoms with Crippen LogP contribution in [0.5, 0.6) is 5.75 Å². The Morgan fingerprint density at radius 2 is 1.83 bits per heavy atom. The highest BCUT2D eigenvalue weighted by Gasteiger charge is 2.24. The Morgan fingerprint density at radius 1 is 1.21 bits per heavy atom. The first-order chi connectivity index (χ1) is 11.0. The number of amides is 2. The number of rotatable bonds is 9. The van der Waals surface area contributed by atoms with Crippen LogP contribution in [0.4, 0.5) is 0 Å². The molecule has 0 bridgehead atoms. The fraction of sp³-hybridized carbons (Fsp3) is 0.529. The number of ether oxygens (including phenoxy) is 1. The Hall–Kier alpha value is -1.79. The Labute approximate surface area is 149 Å². The summed E-state index contributed by atoms with van der Waals surface area (Å²) in [6.07, 6.45) is 0.712. The molecule has 4 N–H and O–H groups in total. The van der Waals surface area contributed by atoms with Crippen molar-refractivity contribution < 1.29 is 14.3 Å². The third-order valence-electron chi connectivity index (χ3n) is 3.34. The molecule has 6 nitrogen and oxygen atoms in total. The van der Waals surface area contributed by atoms with E-state index >= 15 is 0 Å². The zero-order valence-electron chi connectivity index (χ0n) is 14.5. The average Bonchev–Trinajstić information content (AvgIpc) is 2.53. The average molecular weight is 358 g/mol. The van der Waals surface area contributed by atoms with Crippen LogP contribution in [0.3, 0.4) is 0 Å². The van der Waals surface area contributed by atoms with E-state index in [-0.39, 0.29) is 30.1 Å². The van der Waals surface area contributed by atoms with E-state index in [1.165, 1.54) is 0 Å². The summed E-state index contributed by atoms with van der Waals surface area (Å²) in [5.41, 5.74) is 5.90. The van der Waals surface area contributed by atoms with Crippen LogP contribution < -0.4 is 21.1 Å². The minimum Gasteiger partial charge on any atom is -0.494 e. The molecule has 1 atom stereocenters. The van der Waals surface area contributed by atoms with Crippen molar-refractivity contribution in [3.63, 3.8) is 0 Å². The fourth-order valence-electron chi connectivity index (χ4n) is 2.05. The molecule has 7 heteroatoms. The minimum absolute atomic E-state index is 0. The Morgan fingerprint density at radius 3 is 2.33 bits per heavy atom. The van der Waals surface area contributed by atoms with Crippen LogP contribution in [0.25, 0.3) is 0 Å². The van der Waals surface area contributed by atoms with E-state index in [1.54, 1.807) is 24.3 Å². The summed E-state index contributed by atoms with van der Waals surface area (Å²) in [7, 11) is 0. The van der Waals surface area contributed by atoms with E-state index in [0.29, 0.717) is 37.4 Å². The van der Waals surface area contributed by atoms with Crippen LogP contribution in [-0.2, 0) is 4.79 Å². The summed E-state index contributed by atoms with van der Waals surface area (Å²) in [6, 6.07) is 6.27. The van der Waals surface area contributed by atoms with Crippen molar-refractivity contribution >= 4 is 24.2 Å². The van der Waals surface area contributed by atoms with Gasteiger partial charge in [0.15, 0.2) is 0 Å². The molecule has 0 saturated carbocycles. The number of nitrogens with one attached hydrogen (secondary N) is 2. The maximum atomic E-state index is 12.3. The van der Waals surface area contributed by atoms with Crippen molar-refractivity contribution in [3.05, 3.63) is 29.8 Å². The standard InChI is InChI=1S/C17H27N3O3.ClH/c1-4-23-14-8-6-13(7-9-14)16(21)20-15(12(2)3)17(22)19-11-5-10-18;/h6-9,12,15H,4-5,10-11,18H2,1-3H3,(H,19,22)(H,20,21);1H. The van der Waals surface area contributed by atoms with Crippen LogP contribution in [0.2, 0.25) is 0 Å². The Balaban J connectivity index is 0.00000529. The normalized spacial score (nSPS) is 11.4. The van der Waals surface area contributed by atoms with Crippen LogP contribution in [0, 0.1) is 5.92 Å². The smallest absolute Gasteiger partial charge is 0.251 e. The summed E-state index contributed by atoms with van der Waals surface area (Å²) in [4.78, 5) is 24.5. The molecule has 0 aliphatic carbocycles. The van der Waals surface area contributed by atoms with Gasteiger partial charge in [-0.3, -0.25) is 9.59 Å². The molecule has 0 aliphatic heterocycles. The SMILES string of the molecule is CCOc1ccc(C(=O)NC(C(=O)NCCCN)C(C)C)cc1.Cl. The summed E-state index contributed by atoms with van der Waals surface area (Å²) >= 11 is 0. The molecule has 1 aromatic carbocycles. The number of benzene rings is 1. The molecule has 0 aliphatic rings. The van der Waals surface area contributed by atoms with Gasteiger partial charge < -0.3 is 21.1 Å². The highest BCUT2D eigenvalue weighted by atomic mass is 35.5. The quantitative estimate of drug-likeness (QED) is 0.587. The van der Waals surface area contributed by atoms with Gasteiger partial charge in [0, 0.05) is 12.1 Å². The molecule has 0 spiro atoms. The maximum absolute atomic E-state index is 12.3. The van der Waals surface area contributed by atoms with Crippen LogP contribution in [-0.4, -0.2) is 37.6 Å². The molecule has 1 rings (SSSR count). The maximum Gasteiger partial charge on any atom is 0.251 e. The molecular weight excluding hydrogens is 330 g/mol. The van der Waals surface area contributed by atoms with E-state index in [2.05, 4.69) is 10.6 Å². The lowest BCUT2D eigenvalue weighted by Crippen LogP contribution is -2.50. The largest absolute Gasteiger partial charge is 0.494 e. The minimum atomic E-state index is -0.577. The number of nitrogens with two attached hydrogens (primary N) is 1. The number of hydrogen-bond acceptors (Lipinski definition) is 4. The molecule has 136 valence electrons. The van der Waals surface area contributed by atoms with Gasteiger partial charge in [-0.1, -0.05) is 13.8 Å². The summed E-state index contributed by atoms with van der Waals surface area (Å²) in [5.74, 6) is 0.233. The fourth-order valence-corrected chi connectivity index (χ4v) is 2.05. The monoisotopic (exact) mass is 357 g/mol. The Kier molecular flexibility index (Phi) is 10.8. The first kappa shape index (κ1) is 22.2. The van der Waals surface area contributed by atoms with Gasteiger partial charge in [0.2, 0.25) is 5.91 Å². The van der Waals surface area contributed by atoms with Crippen LogP contribution in [0.15, 0.2) is 24.3 Å². The third-order valence-corrected chi connectivity index (χ3v) is 3.34. The van der Waals surface area contributed by atoms with E-state index < -0.39 is 6.04 Å². The third kappa shape index (κ3) is 7.19. The Bertz CT molecular complexity index is 506. The van der Waals surface area contributed by atoms with Crippen molar-refractivity contribution in [1.29, 1.82) is 0 Å². The molecule has 2 amide bonds. The summed E-state index contributed by atoms with van der Waals surface area (Å²) < 4.78 is 5.35. The lowest BCUT2D eigenvalue weighted by Gasteiger charge is -2.21. The van der Waals surface area contributed by atoms with Crippen molar-refractivity contribution in [2.75, 3.05) is 19.7 Å². The predicted molar refractivity (Wildman–Crippen MR) is 97.6 cm³/mol. The van der Waals surface area contributed by atoms with Gasteiger partial charge in [0.05, 0.1) is 6.61 Å². The van der Waals surface area contributed by atoms with E-state index in [1.807, 2.05) is 20.8 Å². The number of hydrogen-bond donors (Lipinski definition) is 3.